The van der Waals surface area contributed by atoms with Crippen molar-refractivity contribution in [2.24, 2.45) is 5.92 Å². The number of benzene rings is 1. The summed E-state index contributed by atoms with van der Waals surface area (Å²) in [5.74, 6) is 1.60. The first-order valence-electron chi connectivity index (χ1n) is 13.8. The minimum absolute atomic E-state index is 0.0672. The maximum absolute atomic E-state index is 13.1. The topological polar surface area (TPSA) is 95.3 Å². The number of anilines is 1. The van der Waals surface area contributed by atoms with Crippen LogP contribution >= 0.6 is 0 Å². The summed E-state index contributed by atoms with van der Waals surface area (Å²) in [6.07, 6.45) is 8.34. The number of carbonyl (C=O) groups excluding carboxylic acids is 1. The van der Waals surface area contributed by atoms with Gasteiger partial charge in [-0.1, -0.05) is 12.1 Å². The van der Waals surface area contributed by atoms with Crippen LogP contribution in [0.1, 0.15) is 67.2 Å². The molecule has 8 heteroatoms. The molecule has 0 bridgehead atoms. The van der Waals surface area contributed by atoms with Gasteiger partial charge in [0.05, 0.1) is 23.7 Å². The van der Waals surface area contributed by atoms with E-state index in [-0.39, 0.29) is 24.6 Å². The summed E-state index contributed by atoms with van der Waals surface area (Å²) in [6.45, 7) is 8.11. The van der Waals surface area contributed by atoms with Gasteiger partial charge in [-0.25, -0.2) is 4.98 Å². The van der Waals surface area contributed by atoms with Gasteiger partial charge < -0.3 is 20.6 Å². The average molecular weight is 505 g/mol. The zero-order chi connectivity index (χ0) is 25.8. The Hall–Kier alpha value is -2.97. The summed E-state index contributed by atoms with van der Waals surface area (Å²) < 4.78 is 1.88. The Labute approximate surface area is 219 Å². The number of hydrogen-bond donors (Lipinski definition) is 3. The van der Waals surface area contributed by atoms with Gasteiger partial charge in [-0.05, 0) is 88.6 Å². The zero-order valence-corrected chi connectivity index (χ0v) is 22.1. The quantitative estimate of drug-likeness (QED) is 0.389. The van der Waals surface area contributed by atoms with E-state index >= 15 is 0 Å². The number of nitrogens with zero attached hydrogens (tertiary/aromatic N) is 4. The van der Waals surface area contributed by atoms with Gasteiger partial charge in [0.2, 0.25) is 0 Å². The first-order valence-corrected chi connectivity index (χ1v) is 13.8. The van der Waals surface area contributed by atoms with Gasteiger partial charge in [-0.2, -0.15) is 5.10 Å². The maximum Gasteiger partial charge on any atom is 0.252 e. The van der Waals surface area contributed by atoms with Crippen molar-refractivity contribution in [1.29, 1.82) is 0 Å². The molecule has 0 aliphatic carbocycles. The third-order valence-electron chi connectivity index (χ3n) is 7.82. The number of fused-ring (bicyclic) bond motifs is 2. The van der Waals surface area contributed by atoms with E-state index in [1.807, 2.05) is 29.1 Å². The average Bonchev–Trinajstić information content (AvgIpc) is 3.56. The fourth-order valence-electron chi connectivity index (χ4n) is 5.55. The molecule has 2 atom stereocenters. The molecular weight excluding hydrogens is 464 g/mol. The van der Waals surface area contributed by atoms with E-state index < -0.39 is 0 Å². The fraction of sp³-hybridized carbons (Fsp3) is 0.552. The van der Waals surface area contributed by atoms with Crippen LogP contribution in [0.4, 0.5) is 5.82 Å². The van der Waals surface area contributed by atoms with Gasteiger partial charge in [-0.15, -0.1) is 0 Å². The first kappa shape index (κ1) is 25.7. The smallest absolute Gasteiger partial charge is 0.252 e. The second-order valence-electron chi connectivity index (χ2n) is 10.9. The summed E-state index contributed by atoms with van der Waals surface area (Å²) in [4.78, 5) is 20.4. The second-order valence-corrected chi connectivity index (χ2v) is 10.9. The predicted molar refractivity (Wildman–Crippen MR) is 147 cm³/mol. The molecule has 198 valence electrons. The molecule has 1 aromatic carbocycles. The third-order valence-corrected chi connectivity index (χ3v) is 7.82. The number of aliphatic hydroxyl groups is 1. The molecule has 2 aromatic heterocycles. The fourth-order valence-corrected chi connectivity index (χ4v) is 5.55. The lowest BCUT2D eigenvalue weighted by Crippen LogP contribution is -2.40. The van der Waals surface area contributed by atoms with E-state index in [4.69, 9.17) is 4.98 Å². The van der Waals surface area contributed by atoms with Gasteiger partial charge in [0.15, 0.2) is 0 Å². The van der Waals surface area contributed by atoms with Crippen LogP contribution < -0.4 is 10.6 Å². The maximum atomic E-state index is 13.1. The molecule has 3 aromatic rings. The van der Waals surface area contributed by atoms with E-state index in [9.17, 15) is 9.90 Å². The van der Waals surface area contributed by atoms with Crippen molar-refractivity contribution in [2.45, 2.75) is 64.5 Å². The minimum atomic E-state index is -0.269. The molecule has 0 radical (unpaired) electrons. The summed E-state index contributed by atoms with van der Waals surface area (Å²) in [5.41, 5.74) is 3.94. The Bertz CT molecular complexity index is 1220. The van der Waals surface area contributed by atoms with E-state index in [0.29, 0.717) is 11.5 Å². The molecule has 1 saturated heterocycles. The predicted octanol–water partition coefficient (Wildman–Crippen LogP) is 3.81. The molecule has 0 spiro atoms. The number of aromatic nitrogens is 3. The third kappa shape index (κ3) is 6.13. The van der Waals surface area contributed by atoms with E-state index in [1.165, 1.54) is 24.1 Å². The first-order chi connectivity index (χ1) is 18.0. The van der Waals surface area contributed by atoms with Crippen LogP contribution in [0.25, 0.3) is 10.9 Å². The van der Waals surface area contributed by atoms with Crippen molar-refractivity contribution < 1.29 is 9.90 Å². The largest absolute Gasteiger partial charge is 0.394 e. The number of hydrogen-bond acceptors (Lipinski definition) is 6. The highest BCUT2D eigenvalue weighted by Crippen LogP contribution is 2.24. The molecule has 0 unspecified atom stereocenters. The van der Waals surface area contributed by atoms with Crippen LogP contribution in [-0.4, -0.2) is 69.5 Å². The SMILES string of the molecule is CC(C)n1cc2c(C(=O)N[C@H](CO)CCN3CC[C@@H](CCc4ccc5c(n4)NCCC5)C3)cccc2n1. The van der Waals surface area contributed by atoms with Gasteiger partial charge in [0.25, 0.3) is 5.91 Å². The number of nitrogens with one attached hydrogen (secondary N) is 2. The number of aliphatic hydroxyl groups excluding tert-OH is 1. The summed E-state index contributed by atoms with van der Waals surface area (Å²) in [5, 5.41) is 21.9. The second kappa shape index (κ2) is 11.6. The molecule has 0 saturated carbocycles. The van der Waals surface area contributed by atoms with E-state index in [1.54, 1.807) is 0 Å². The highest BCUT2D eigenvalue weighted by atomic mass is 16.3. The van der Waals surface area contributed by atoms with Gasteiger partial charge in [-0.3, -0.25) is 9.48 Å². The summed E-state index contributed by atoms with van der Waals surface area (Å²) in [7, 11) is 0. The van der Waals surface area contributed by atoms with Crippen LogP contribution in [0.2, 0.25) is 0 Å². The Morgan fingerprint density at radius 2 is 2.16 bits per heavy atom. The Balaban J connectivity index is 1.09. The molecule has 1 fully saturated rings. The summed E-state index contributed by atoms with van der Waals surface area (Å²) >= 11 is 0. The minimum Gasteiger partial charge on any atom is -0.394 e. The lowest BCUT2D eigenvalue weighted by atomic mass is 10.00. The molecular formula is C29H40N6O2. The number of likely N-dealkylation sites (tertiary alicyclic amines) is 1. The van der Waals surface area contributed by atoms with Crippen molar-refractivity contribution in [1.82, 2.24) is 25.0 Å². The molecule has 37 heavy (non-hydrogen) atoms. The highest BCUT2D eigenvalue weighted by Gasteiger charge is 2.24. The van der Waals surface area contributed by atoms with E-state index in [2.05, 4.69) is 46.6 Å². The van der Waals surface area contributed by atoms with E-state index in [0.717, 1.165) is 68.6 Å². The molecule has 2 aliphatic rings. The Morgan fingerprint density at radius 3 is 3.00 bits per heavy atom. The van der Waals surface area contributed by atoms with Gasteiger partial charge in [0, 0.05) is 43.0 Å². The van der Waals surface area contributed by atoms with Crippen LogP contribution in [0.5, 0.6) is 0 Å². The monoisotopic (exact) mass is 504 g/mol. The van der Waals surface area contributed by atoms with Crippen molar-refractivity contribution >= 4 is 22.6 Å². The molecule has 2 aliphatic heterocycles. The number of carbonyl (C=O) groups is 1. The molecule has 5 rings (SSSR count). The normalized spacial score (nSPS) is 18.6. The zero-order valence-electron chi connectivity index (χ0n) is 22.1. The number of rotatable bonds is 10. The molecule has 3 N–H and O–H groups in total. The Kier molecular flexibility index (Phi) is 8.05. The lowest BCUT2D eigenvalue weighted by molar-refractivity contribution is 0.0910. The van der Waals surface area contributed by atoms with Crippen molar-refractivity contribution in [3.05, 3.63) is 53.3 Å². The molecule has 1 amide bonds. The Morgan fingerprint density at radius 1 is 1.27 bits per heavy atom. The number of aryl methyl sites for hydroxylation is 2. The number of pyridine rings is 1. The van der Waals surface area contributed by atoms with Crippen LogP contribution in [0.3, 0.4) is 0 Å². The van der Waals surface area contributed by atoms with Crippen LogP contribution in [0, 0.1) is 5.92 Å². The molecule has 4 heterocycles. The van der Waals surface area contributed by atoms with Crippen molar-refractivity contribution in [3.63, 3.8) is 0 Å². The van der Waals surface area contributed by atoms with Crippen LogP contribution in [-0.2, 0) is 12.8 Å². The lowest BCUT2D eigenvalue weighted by Gasteiger charge is -2.21. The highest BCUT2D eigenvalue weighted by molar-refractivity contribution is 6.06. The summed E-state index contributed by atoms with van der Waals surface area (Å²) in [6, 6.07) is 10.0. The van der Waals surface area contributed by atoms with Crippen molar-refractivity contribution in [3.8, 4) is 0 Å². The van der Waals surface area contributed by atoms with Crippen LogP contribution in [0.15, 0.2) is 36.5 Å². The number of amides is 1. The standard InChI is InChI=1S/C29H40N6O2/c1-20(2)35-18-26-25(6-3-7-27(26)33-35)29(37)32-24(19-36)13-16-34-15-12-21(17-34)8-10-23-11-9-22-5-4-14-30-28(22)31-23/h3,6-7,9,11,18,20-21,24,36H,4-5,8,10,12-17,19H2,1-2H3,(H,30,31)(H,32,37)/t21-,24+/m1/s1. The van der Waals surface area contributed by atoms with Crippen molar-refractivity contribution in [2.75, 3.05) is 38.1 Å². The van der Waals surface area contributed by atoms with Gasteiger partial charge >= 0.3 is 0 Å². The van der Waals surface area contributed by atoms with Gasteiger partial charge in [0.1, 0.15) is 5.82 Å². The molecule has 8 nitrogen and oxygen atoms in total.